The molecule has 0 bridgehead atoms. The Hall–Kier alpha value is -1.82. The Kier molecular flexibility index (Phi) is 3.66. The highest BCUT2D eigenvalue weighted by atomic mass is 16.4. The van der Waals surface area contributed by atoms with Gasteiger partial charge in [-0.05, 0) is 12.5 Å². The second-order valence-electron chi connectivity index (χ2n) is 4.45. The van der Waals surface area contributed by atoms with Crippen LogP contribution >= 0.6 is 0 Å². The van der Waals surface area contributed by atoms with Gasteiger partial charge < -0.3 is 19.7 Å². The molecule has 1 fully saturated rings. The minimum atomic E-state index is -0.989. The zero-order chi connectivity index (χ0) is 13.1. The van der Waals surface area contributed by atoms with Crippen LogP contribution in [-0.2, 0) is 11.3 Å². The van der Waals surface area contributed by atoms with Gasteiger partial charge in [0.25, 0.3) is 0 Å². The number of furan rings is 1. The Morgan fingerprint density at radius 3 is 3.11 bits per heavy atom. The first kappa shape index (κ1) is 12.6. The Bertz CT molecular complexity index is 455. The van der Waals surface area contributed by atoms with Crippen LogP contribution in [0.15, 0.2) is 16.7 Å². The van der Waals surface area contributed by atoms with E-state index in [0.29, 0.717) is 25.3 Å². The minimum Gasteiger partial charge on any atom is -0.478 e. The zero-order valence-corrected chi connectivity index (χ0v) is 10.2. The lowest BCUT2D eigenvalue weighted by Crippen LogP contribution is -2.46. The van der Waals surface area contributed by atoms with Gasteiger partial charge >= 0.3 is 5.97 Å². The molecule has 6 nitrogen and oxygen atoms in total. The van der Waals surface area contributed by atoms with Crippen molar-refractivity contribution >= 4 is 11.9 Å². The van der Waals surface area contributed by atoms with E-state index in [1.54, 1.807) is 11.9 Å². The predicted octanol–water partition coefficient (Wildman–Crippen LogP) is 0.688. The van der Waals surface area contributed by atoms with Crippen LogP contribution in [0.3, 0.4) is 0 Å². The molecule has 0 radical (unpaired) electrons. The second kappa shape index (κ2) is 5.22. The lowest BCUT2D eigenvalue weighted by atomic mass is 10.1. The topological polar surface area (TPSA) is 82.8 Å². The van der Waals surface area contributed by atoms with E-state index in [0.717, 1.165) is 6.42 Å². The fourth-order valence-corrected chi connectivity index (χ4v) is 2.08. The number of carbonyl (C=O) groups is 2. The number of likely N-dealkylation sites (tertiary alicyclic amines) is 1. The lowest BCUT2D eigenvalue weighted by molar-refractivity contribution is -0.132. The first-order valence-corrected chi connectivity index (χ1v) is 5.85. The normalized spacial score (nSPS) is 20.2. The molecule has 1 aliphatic rings. The summed E-state index contributed by atoms with van der Waals surface area (Å²) in [6.07, 6.45) is 2.67. The smallest absolute Gasteiger partial charge is 0.339 e. The van der Waals surface area contributed by atoms with Gasteiger partial charge in [0.2, 0.25) is 5.91 Å². The highest BCUT2D eigenvalue weighted by Gasteiger charge is 2.23. The summed E-state index contributed by atoms with van der Waals surface area (Å²) >= 11 is 0. The fourth-order valence-electron chi connectivity index (χ4n) is 2.08. The van der Waals surface area contributed by atoms with E-state index < -0.39 is 5.97 Å². The number of rotatable bonds is 4. The standard InChI is InChI=1S/C12H16N2O4/c1-14-7-8(2-3-11(14)15)13-6-10-9(12(16)17)4-5-18-10/h4-5,8,13H,2-3,6-7H2,1H3,(H,16,17). The van der Waals surface area contributed by atoms with Crippen molar-refractivity contribution < 1.29 is 19.1 Å². The van der Waals surface area contributed by atoms with Crippen molar-refractivity contribution in [1.29, 1.82) is 0 Å². The molecule has 18 heavy (non-hydrogen) atoms. The fraction of sp³-hybridized carbons (Fsp3) is 0.500. The number of carboxylic acid groups (broad SMARTS) is 1. The van der Waals surface area contributed by atoms with Crippen molar-refractivity contribution in [2.45, 2.75) is 25.4 Å². The molecule has 1 aliphatic heterocycles. The van der Waals surface area contributed by atoms with E-state index in [-0.39, 0.29) is 17.5 Å². The van der Waals surface area contributed by atoms with Crippen LogP contribution in [0.2, 0.25) is 0 Å². The van der Waals surface area contributed by atoms with Crippen molar-refractivity contribution in [2.75, 3.05) is 13.6 Å². The lowest BCUT2D eigenvalue weighted by Gasteiger charge is -2.30. The second-order valence-corrected chi connectivity index (χ2v) is 4.45. The maximum atomic E-state index is 11.3. The molecule has 98 valence electrons. The van der Waals surface area contributed by atoms with E-state index in [4.69, 9.17) is 9.52 Å². The van der Waals surface area contributed by atoms with Crippen LogP contribution in [0.4, 0.5) is 0 Å². The number of aromatic carboxylic acids is 1. The van der Waals surface area contributed by atoms with Crippen molar-refractivity contribution in [1.82, 2.24) is 10.2 Å². The van der Waals surface area contributed by atoms with E-state index in [2.05, 4.69) is 5.32 Å². The summed E-state index contributed by atoms with van der Waals surface area (Å²) in [7, 11) is 1.77. The third kappa shape index (κ3) is 2.70. The Labute approximate surface area is 105 Å². The number of likely N-dealkylation sites (N-methyl/N-ethyl adjacent to an activating group) is 1. The summed E-state index contributed by atoms with van der Waals surface area (Å²) in [4.78, 5) is 23.9. The molecule has 2 heterocycles. The molecule has 2 rings (SSSR count). The van der Waals surface area contributed by atoms with Crippen LogP contribution in [0, 0.1) is 0 Å². The summed E-state index contributed by atoms with van der Waals surface area (Å²) in [5.41, 5.74) is 0.183. The highest BCUT2D eigenvalue weighted by Crippen LogP contribution is 2.13. The van der Waals surface area contributed by atoms with Gasteiger partial charge in [-0.3, -0.25) is 4.79 Å². The van der Waals surface area contributed by atoms with Gasteiger partial charge in [-0.25, -0.2) is 4.79 Å². The Morgan fingerprint density at radius 1 is 1.67 bits per heavy atom. The molecule has 1 aromatic rings. The number of nitrogens with zero attached hydrogens (tertiary/aromatic N) is 1. The molecule has 1 aromatic heterocycles. The number of carboxylic acids is 1. The number of piperidine rings is 1. The Morgan fingerprint density at radius 2 is 2.44 bits per heavy atom. The molecule has 1 atom stereocenters. The zero-order valence-electron chi connectivity index (χ0n) is 10.2. The quantitative estimate of drug-likeness (QED) is 0.823. The van der Waals surface area contributed by atoms with Crippen LogP contribution in [0.1, 0.15) is 29.0 Å². The van der Waals surface area contributed by atoms with Crippen LogP contribution in [-0.4, -0.2) is 41.5 Å². The molecule has 0 aromatic carbocycles. The molecule has 0 spiro atoms. The van der Waals surface area contributed by atoms with Gasteiger partial charge in [0, 0.05) is 26.1 Å². The van der Waals surface area contributed by atoms with E-state index in [1.165, 1.54) is 12.3 Å². The summed E-state index contributed by atoms with van der Waals surface area (Å²) < 4.78 is 5.14. The van der Waals surface area contributed by atoms with Gasteiger partial charge in [0.15, 0.2) is 0 Å². The van der Waals surface area contributed by atoms with E-state index in [9.17, 15) is 9.59 Å². The summed E-state index contributed by atoms with van der Waals surface area (Å²) in [6, 6.07) is 1.62. The average Bonchev–Trinajstić information content (AvgIpc) is 2.79. The molecule has 1 saturated heterocycles. The van der Waals surface area contributed by atoms with Crippen LogP contribution in [0.25, 0.3) is 0 Å². The summed E-state index contributed by atoms with van der Waals surface area (Å²) in [6.45, 7) is 1.00. The maximum absolute atomic E-state index is 11.3. The summed E-state index contributed by atoms with van der Waals surface area (Å²) in [5.74, 6) is -0.421. The van der Waals surface area contributed by atoms with Crippen molar-refractivity contribution in [3.05, 3.63) is 23.7 Å². The average molecular weight is 252 g/mol. The van der Waals surface area contributed by atoms with Gasteiger partial charge in [0.05, 0.1) is 12.8 Å². The number of amides is 1. The molecule has 1 amide bonds. The van der Waals surface area contributed by atoms with Crippen LogP contribution in [0.5, 0.6) is 0 Å². The number of nitrogens with one attached hydrogen (secondary N) is 1. The van der Waals surface area contributed by atoms with Crippen molar-refractivity contribution in [3.8, 4) is 0 Å². The first-order valence-electron chi connectivity index (χ1n) is 5.85. The van der Waals surface area contributed by atoms with Gasteiger partial charge in [-0.1, -0.05) is 0 Å². The molecular formula is C12H16N2O4. The first-order chi connectivity index (χ1) is 8.58. The molecule has 2 N–H and O–H groups in total. The molecular weight excluding hydrogens is 236 g/mol. The van der Waals surface area contributed by atoms with Crippen LogP contribution < -0.4 is 5.32 Å². The van der Waals surface area contributed by atoms with Gasteiger partial charge in [-0.15, -0.1) is 0 Å². The molecule has 6 heteroatoms. The predicted molar refractivity (Wildman–Crippen MR) is 63.2 cm³/mol. The monoisotopic (exact) mass is 252 g/mol. The largest absolute Gasteiger partial charge is 0.478 e. The van der Waals surface area contributed by atoms with Gasteiger partial charge in [-0.2, -0.15) is 0 Å². The van der Waals surface area contributed by atoms with Crippen molar-refractivity contribution in [2.24, 2.45) is 0 Å². The van der Waals surface area contributed by atoms with Gasteiger partial charge in [0.1, 0.15) is 11.3 Å². The van der Waals surface area contributed by atoms with E-state index >= 15 is 0 Å². The Balaban J connectivity index is 1.90. The molecule has 0 aliphatic carbocycles. The third-order valence-corrected chi connectivity index (χ3v) is 3.15. The highest BCUT2D eigenvalue weighted by molar-refractivity contribution is 5.88. The number of carbonyl (C=O) groups excluding carboxylic acids is 1. The maximum Gasteiger partial charge on any atom is 0.339 e. The van der Waals surface area contributed by atoms with E-state index in [1.807, 2.05) is 0 Å². The SMILES string of the molecule is CN1CC(NCc2occc2C(=O)O)CCC1=O. The summed E-state index contributed by atoms with van der Waals surface area (Å²) in [5, 5.41) is 12.1. The third-order valence-electron chi connectivity index (χ3n) is 3.15. The molecule has 1 unspecified atom stereocenters. The number of hydrogen-bond acceptors (Lipinski definition) is 4. The molecule has 0 saturated carbocycles. The number of hydrogen-bond donors (Lipinski definition) is 2. The minimum absolute atomic E-state index is 0.150. The van der Waals surface area contributed by atoms with Crippen molar-refractivity contribution in [3.63, 3.8) is 0 Å².